The molecule has 0 N–H and O–H groups in total. The summed E-state index contributed by atoms with van der Waals surface area (Å²) < 4.78 is 7.22. The summed E-state index contributed by atoms with van der Waals surface area (Å²) in [5, 5.41) is 16.0. The van der Waals surface area contributed by atoms with E-state index in [0.717, 1.165) is 39.9 Å². The molecule has 0 fully saturated rings. The SMILES string of the molecule is COc1ccc2c(c1)CCc1c(SC)nc3c(C#N)c(SC)nn3c1-2. The van der Waals surface area contributed by atoms with Crippen molar-refractivity contribution in [2.45, 2.75) is 22.9 Å². The molecule has 7 heteroatoms. The maximum Gasteiger partial charge on any atom is 0.175 e. The number of nitriles is 1. The Bertz CT molecular complexity index is 1040. The molecule has 1 aliphatic carbocycles. The molecule has 2 aromatic heterocycles. The van der Waals surface area contributed by atoms with Gasteiger partial charge in [0.05, 0.1) is 12.8 Å². The fraction of sp³-hybridized carbons (Fsp3) is 0.278. The molecule has 126 valence electrons. The van der Waals surface area contributed by atoms with Gasteiger partial charge in [-0.15, -0.1) is 23.5 Å². The van der Waals surface area contributed by atoms with Gasteiger partial charge in [-0.2, -0.15) is 10.4 Å². The van der Waals surface area contributed by atoms with E-state index < -0.39 is 0 Å². The van der Waals surface area contributed by atoms with E-state index in [9.17, 15) is 5.26 Å². The van der Waals surface area contributed by atoms with E-state index in [-0.39, 0.29) is 0 Å². The number of aryl methyl sites for hydroxylation is 1. The quantitative estimate of drug-likeness (QED) is 0.517. The Morgan fingerprint density at radius 3 is 2.68 bits per heavy atom. The van der Waals surface area contributed by atoms with E-state index in [4.69, 9.17) is 9.72 Å². The van der Waals surface area contributed by atoms with Gasteiger partial charge in [-0.1, -0.05) is 0 Å². The predicted octanol–water partition coefficient (Wildman–Crippen LogP) is 3.82. The van der Waals surface area contributed by atoms with Gasteiger partial charge in [-0.3, -0.25) is 0 Å². The smallest absolute Gasteiger partial charge is 0.175 e. The number of methoxy groups -OCH3 is 1. The molecule has 1 aliphatic rings. The van der Waals surface area contributed by atoms with Crippen LogP contribution in [0.25, 0.3) is 16.9 Å². The van der Waals surface area contributed by atoms with Crippen molar-refractivity contribution in [3.8, 4) is 23.1 Å². The number of rotatable bonds is 3. The van der Waals surface area contributed by atoms with Crippen LogP contribution in [0, 0.1) is 11.3 Å². The lowest BCUT2D eigenvalue weighted by Crippen LogP contribution is -2.12. The van der Waals surface area contributed by atoms with Crippen molar-refractivity contribution in [2.75, 3.05) is 19.6 Å². The minimum atomic E-state index is 0.547. The summed E-state index contributed by atoms with van der Waals surface area (Å²) >= 11 is 3.10. The van der Waals surface area contributed by atoms with Crippen molar-refractivity contribution in [3.05, 3.63) is 34.9 Å². The number of hydrogen-bond donors (Lipinski definition) is 0. The Balaban J connectivity index is 2.11. The average Bonchev–Trinajstić information content (AvgIpc) is 3.03. The molecule has 3 aromatic rings. The summed E-state index contributed by atoms with van der Waals surface area (Å²) in [4.78, 5) is 4.76. The maximum absolute atomic E-state index is 9.59. The van der Waals surface area contributed by atoms with E-state index >= 15 is 0 Å². The minimum Gasteiger partial charge on any atom is -0.497 e. The molecule has 0 spiro atoms. The van der Waals surface area contributed by atoms with Crippen molar-refractivity contribution >= 4 is 29.2 Å². The van der Waals surface area contributed by atoms with E-state index in [2.05, 4.69) is 23.3 Å². The lowest BCUT2D eigenvalue weighted by Gasteiger charge is -2.22. The van der Waals surface area contributed by atoms with E-state index in [1.807, 2.05) is 23.1 Å². The highest BCUT2D eigenvalue weighted by Crippen LogP contribution is 2.40. The first-order valence-electron chi connectivity index (χ1n) is 7.82. The Morgan fingerprint density at radius 2 is 2.00 bits per heavy atom. The van der Waals surface area contributed by atoms with Gasteiger partial charge in [-0.25, -0.2) is 9.50 Å². The van der Waals surface area contributed by atoms with Gasteiger partial charge in [0.1, 0.15) is 27.4 Å². The lowest BCUT2D eigenvalue weighted by molar-refractivity contribution is 0.414. The summed E-state index contributed by atoms with van der Waals surface area (Å²) in [5.41, 5.74) is 5.83. The number of aromatic nitrogens is 3. The largest absolute Gasteiger partial charge is 0.497 e. The number of fused-ring (bicyclic) bond motifs is 5. The zero-order chi connectivity index (χ0) is 17.6. The van der Waals surface area contributed by atoms with Crippen LogP contribution in [0.15, 0.2) is 28.3 Å². The first-order valence-corrected chi connectivity index (χ1v) is 10.3. The van der Waals surface area contributed by atoms with Crippen LogP contribution in [-0.2, 0) is 12.8 Å². The van der Waals surface area contributed by atoms with Crippen LogP contribution in [0.2, 0.25) is 0 Å². The number of ether oxygens (including phenoxy) is 1. The molecular formula is C18H16N4OS2. The molecule has 2 heterocycles. The second-order valence-electron chi connectivity index (χ2n) is 5.70. The predicted molar refractivity (Wildman–Crippen MR) is 101 cm³/mol. The van der Waals surface area contributed by atoms with Gasteiger partial charge < -0.3 is 4.74 Å². The summed E-state index contributed by atoms with van der Waals surface area (Å²) in [7, 11) is 1.68. The Labute approximate surface area is 154 Å². The second kappa shape index (κ2) is 6.28. The van der Waals surface area contributed by atoms with Crippen LogP contribution in [0.3, 0.4) is 0 Å². The Hall–Kier alpha value is -2.17. The molecule has 0 bridgehead atoms. The third-order valence-electron chi connectivity index (χ3n) is 4.50. The Morgan fingerprint density at radius 1 is 1.20 bits per heavy atom. The highest BCUT2D eigenvalue weighted by Gasteiger charge is 2.26. The highest BCUT2D eigenvalue weighted by molar-refractivity contribution is 7.98. The lowest BCUT2D eigenvalue weighted by atomic mass is 9.89. The van der Waals surface area contributed by atoms with Gasteiger partial charge >= 0.3 is 0 Å². The molecule has 5 nitrogen and oxygen atoms in total. The molecule has 0 saturated heterocycles. The average molecular weight is 368 g/mol. The minimum absolute atomic E-state index is 0.547. The van der Waals surface area contributed by atoms with Crippen LogP contribution in [0.5, 0.6) is 5.75 Å². The second-order valence-corrected chi connectivity index (χ2v) is 7.29. The van der Waals surface area contributed by atoms with Crippen LogP contribution < -0.4 is 4.74 Å². The van der Waals surface area contributed by atoms with Crippen LogP contribution in [-0.4, -0.2) is 34.2 Å². The monoisotopic (exact) mass is 368 g/mol. The van der Waals surface area contributed by atoms with E-state index in [1.165, 1.54) is 22.9 Å². The van der Waals surface area contributed by atoms with E-state index in [1.54, 1.807) is 18.9 Å². The molecule has 0 radical (unpaired) electrons. The fourth-order valence-corrected chi connectivity index (χ4v) is 4.48. The molecule has 25 heavy (non-hydrogen) atoms. The van der Waals surface area contributed by atoms with Crippen LogP contribution >= 0.6 is 23.5 Å². The topological polar surface area (TPSA) is 63.2 Å². The van der Waals surface area contributed by atoms with Gasteiger partial charge in [0.2, 0.25) is 0 Å². The third kappa shape index (κ3) is 2.40. The number of thioether (sulfide) groups is 2. The van der Waals surface area contributed by atoms with Crippen LogP contribution in [0.4, 0.5) is 0 Å². The van der Waals surface area contributed by atoms with Gasteiger partial charge in [0.25, 0.3) is 0 Å². The molecule has 0 aliphatic heterocycles. The van der Waals surface area contributed by atoms with Crippen molar-refractivity contribution < 1.29 is 4.74 Å². The summed E-state index contributed by atoms with van der Waals surface area (Å²) in [5.74, 6) is 0.862. The van der Waals surface area contributed by atoms with E-state index in [0.29, 0.717) is 11.2 Å². The van der Waals surface area contributed by atoms with Gasteiger partial charge in [-0.05, 0) is 49.1 Å². The number of hydrogen-bond acceptors (Lipinski definition) is 6. The first-order chi connectivity index (χ1) is 12.2. The van der Waals surface area contributed by atoms with Crippen molar-refractivity contribution in [1.82, 2.24) is 14.6 Å². The first kappa shape index (κ1) is 16.3. The summed E-state index contributed by atoms with van der Waals surface area (Å²) in [6.45, 7) is 0. The zero-order valence-electron chi connectivity index (χ0n) is 14.2. The zero-order valence-corrected chi connectivity index (χ0v) is 15.8. The molecule has 0 saturated carbocycles. The van der Waals surface area contributed by atoms with Crippen molar-refractivity contribution in [2.24, 2.45) is 0 Å². The molecule has 4 rings (SSSR count). The van der Waals surface area contributed by atoms with Crippen molar-refractivity contribution in [1.29, 1.82) is 5.26 Å². The van der Waals surface area contributed by atoms with Crippen LogP contribution in [0.1, 0.15) is 16.7 Å². The summed E-state index contributed by atoms with van der Waals surface area (Å²) in [6.07, 6.45) is 5.82. The number of benzene rings is 1. The van der Waals surface area contributed by atoms with Gasteiger partial charge in [0, 0.05) is 11.1 Å². The highest BCUT2D eigenvalue weighted by atomic mass is 32.2. The van der Waals surface area contributed by atoms with Gasteiger partial charge in [0.15, 0.2) is 5.65 Å². The van der Waals surface area contributed by atoms with Crippen molar-refractivity contribution in [3.63, 3.8) is 0 Å². The summed E-state index contributed by atoms with van der Waals surface area (Å²) in [6, 6.07) is 8.43. The molecule has 1 aromatic carbocycles. The number of nitrogens with zero attached hydrogens (tertiary/aromatic N) is 4. The fourth-order valence-electron chi connectivity index (χ4n) is 3.35. The molecule has 0 amide bonds. The maximum atomic E-state index is 9.59. The Kier molecular flexibility index (Phi) is 4.10. The third-order valence-corrected chi connectivity index (χ3v) is 5.90. The standard InChI is InChI=1S/C18H16N4OS2/c1-23-11-5-7-12-10(8-11)4-6-13-15(12)22-16(20-17(13)24-2)14(9-19)18(21-22)25-3/h5,7-8H,4,6H2,1-3H3. The molecular weight excluding hydrogens is 352 g/mol. The molecule has 0 atom stereocenters. The normalized spacial score (nSPS) is 12.6. The molecule has 0 unspecified atom stereocenters.